The number of hydrogen-bond donors (Lipinski definition) is 2. The fourth-order valence-electron chi connectivity index (χ4n) is 3.23. The van der Waals surface area contributed by atoms with Crippen molar-refractivity contribution in [1.29, 1.82) is 0 Å². The Morgan fingerprint density at radius 2 is 1.72 bits per heavy atom. The van der Waals surface area contributed by atoms with E-state index in [2.05, 4.69) is 42.6 Å². The maximum atomic E-state index is 12.3. The van der Waals surface area contributed by atoms with Crippen molar-refractivity contribution >= 4 is 61.2 Å². The second-order valence-corrected chi connectivity index (χ2v) is 9.14. The Hall–Kier alpha value is -2.72. The molecule has 0 aliphatic carbocycles. The van der Waals surface area contributed by atoms with Crippen LogP contribution < -0.4 is 10.7 Å². The summed E-state index contributed by atoms with van der Waals surface area (Å²) in [6, 6.07) is 10.3. The molecule has 0 bridgehead atoms. The van der Waals surface area contributed by atoms with Crippen molar-refractivity contribution in [2.75, 3.05) is 18.5 Å². The summed E-state index contributed by atoms with van der Waals surface area (Å²) < 4.78 is 6.87. The van der Waals surface area contributed by atoms with Crippen molar-refractivity contribution in [3.63, 3.8) is 0 Å². The summed E-state index contributed by atoms with van der Waals surface area (Å²) in [6.45, 7) is 3.33. The van der Waals surface area contributed by atoms with Crippen LogP contribution >= 0.6 is 31.9 Å². The van der Waals surface area contributed by atoms with Crippen molar-refractivity contribution < 1.29 is 23.9 Å². The lowest BCUT2D eigenvalue weighted by Gasteiger charge is -2.17. The monoisotopic (exact) mass is 565 g/mol. The molecule has 168 valence electrons. The van der Waals surface area contributed by atoms with Crippen molar-refractivity contribution in [3.05, 3.63) is 62.0 Å². The zero-order valence-electron chi connectivity index (χ0n) is 17.4. The van der Waals surface area contributed by atoms with Gasteiger partial charge in [-0.2, -0.15) is 0 Å². The first-order valence-electron chi connectivity index (χ1n) is 9.74. The van der Waals surface area contributed by atoms with Crippen molar-refractivity contribution in [3.8, 4) is 0 Å². The van der Waals surface area contributed by atoms with E-state index in [1.807, 2.05) is 13.8 Å². The lowest BCUT2D eigenvalue weighted by molar-refractivity contribution is -0.151. The van der Waals surface area contributed by atoms with Crippen LogP contribution in [0.1, 0.15) is 27.9 Å². The summed E-state index contributed by atoms with van der Waals surface area (Å²) in [5, 5.41) is 3.79. The fraction of sp³-hybridized carbons (Fsp3) is 0.273. The maximum absolute atomic E-state index is 12.3. The minimum atomic E-state index is -0.766. The Morgan fingerprint density at radius 1 is 1.09 bits per heavy atom. The fourth-order valence-corrected chi connectivity index (χ4v) is 3.72. The quantitative estimate of drug-likeness (QED) is 0.521. The molecule has 3 rings (SSSR count). The van der Waals surface area contributed by atoms with Crippen LogP contribution in [0, 0.1) is 19.8 Å². The van der Waals surface area contributed by atoms with E-state index in [1.54, 1.807) is 36.4 Å². The summed E-state index contributed by atoms with van der Waals surface area (Å²) >= 11 is 6.76. The van der Waals surface area contributed by atoms with Crippen LogP contribution in [0.25, 0.3) is 0 Å². The van der Waals surface area contributed by atoms with Gasteiger partial charge in [-0.1, -0.05) is 31.9 Å². The molecular weight excluding hydrogens is 546 g/mol. The van der Waals surface area contributed by atoms with Gasteiger partial charge in [-0.15, -0.1) is 0 Å². The molecule has 0 radical (unpaired) electrons. The number of hydrazine groups is 1. The van der Waals surface area contributed by atoms with E-state index in [1.165, 1.54) is 0 Å². The van der Waals surface area contributed by atoms with Gasteiger partial charge < -0.3 is 10.1 Å². The summed E-state index contributed by atoms with van der Waals surface area (Å²) in [6.07, 6.45) is -0.105. The van der Waals surface area contributed by atoms with Crippen molar-refractivity contribution in [2.24, 2.45) is 5.92 Å². The van der Waals surface area contributed by atoms with E-state index >= 15 is 0 Å². The number of amides is 3. The lowest BCUT2D eigenvalue weighted by atomic mass is 10.1. The molecule has 0 saturated carbocycles. The minimum Gasteiger partial charge on any atom is -0.455 e. The van der Waals surface area contributed by atoms with E-state index in [9.17, 15) is 19.2 Å². The summed E-state index contributed by atoms with van der Waals surface area (Å²) in [5.74, 6) is -2.78. The number of nitrogens with zero attached hydrogens (tertiary/aromatic N) is 1. The normalized spacial score (nSPS) is 15.4. The average Bonchev–Trinajstić information content (AvgIpc) is 3.11. The topological polar surface area (TPSA) is 105 Å². The number of carbonyl (C=O) groups is 4. The molecular formula is C22H21Br2N3O5. The molecule has 2 N–H and O–H groups in total. The molecule has 1 aliphatic heterocycles. The Balaban J connectivity index is 1.49. The molecule has 1 saturated heterocycles. The van der Waals surface area contributed by atoms with Crippen molar-refractivity contribution in [2.45, 2.75) is 20.3 Å². The average molecular weight is 567 g/mol. The molecule has 2 aromatic rings. The van der Waals surface area contributed by atoms with Crippen LogP contribution in [-0.2, 0) is 19.1 Å². The zero-order chi connectivity index (χ0) is 23.4. The Kier molecular flexibility index (Phi) is 7.68. The van der Waals surface area contributed by atoms with E-state index in [4.69, 9.17) is 4.74 Å². The summed E-state index contributed by atoms with van der Waals surface area (Å²) in [5.41, 5.74) is 5.41. The molecule has 1 atom stereocenters. The van der Waals surface area contributed by atoms with Gasteiger partial charge in [0, 0.05) is 26.6 Å². The third kappa shape index (κ3) is 5.95. The summed E-state index contributed by atoms with van der Waals surface area (Å²) in [4.78, 5) is 49.0. The Bertz CT molecular complexity index is 1050. The van der Waals surface area contributed by atoms with Gasteiger partial charge >= 0.3 is 5.97 Å². The Labute approximate surface area is 201 Å². The second kappa shape index (κ2) is 10.3. The van der Waals surface area contributed by atoms with Crippen LogP contribution in [0.15, 0.2) is 45.3 Å². The van der Waals surface area contributed by atoms with E-state index < -0.39 is 36.2 Å². The predicted molar refractivity (Wildman–Crippen MR) is 125 cm³/mol. The highest BCUT2D eigenvalue weighted by molar-refractivity contribution is 9.10. The highest BCUT2D eigenvalue weighted by atomic mass is 79.9. The number of anilines is 1. The van der Waals surface area contributed by atoms with E-state index in [-0.39, 0.29) is 13.0 Å². The molecule has 0 spiro atoms. The minimum absolute atomic E-state index is 0.0212. The lowest BCUT2D eigenvalue weighted by Crippen LogP contribution is -2.43. The number of ether oxygens (including phenoxy) is 1. The van der Waals surface area contributed by atoms with Gasteiger partial charge in [0.15, 0.2) is 6.61 Å². The first-order valence-corrected chi connectivity index (χ1v) is 11.3. The smallest absolute Gasteiger partial charge is 0.311 e. The highest BCUT2D eigenvalue weighted by Crippen LogP contribution is 2.25. The van der Waals surface area contributed by atoms with Gasteiger partial charge in [0.05, 0.1) is 12.5 Å². The molecule has 2 aromatic carbocycles. The Morgan fingerprint density at radius 3 is 2.34 bits per heavy atom. The van der Waals surface area contributed by atoms with Gasteiger partial charge in [-0.3, -0.25) is 29.6 Å². The van der Waals surface area contributed by atoms with Crippen LogP contribution in [-0.4, -0.2) is 41.9 Å². The molecule has 8 nitrogen and oxygen atoms in total. The molecule has 0 unspecified atom stereocenters. The van der Waals surface area contributed by atoms with E-state index in [0.717, 1.165) is 25.1 Å². The molecule has 1 fully saturated rings. The van der Waals surface area contributed by atoms with Gasteiger partial charge in [0.1, 0.15) is 0 Å². The third-order valence-electron chi connectivity index (χ3n) is 4.87. The number of benzene rings is 2. The van der Waals surface area contributed by atoms with Crippen LogP contribution in [0.2, 0.25) is 0 Å². The molecule has 1 aliphatic rings. The zero-order valence-corrected chi connectivity index (χ0v) is 20.6. The molecule has 3 amide bonds. The molecule has 0 aromatic heterocycles. The van der Waals surface area contributed by atoms with Crippen LogP contribution in [0.5, 0.6) is 0 Å². The number of carbonyl (C=O) groups excluding carboxylic acids is 4. The number of hydrogen-bond acceptors (Lipinski definition) is 5. The number of rotatable bonds is 6. The standard InChI is InChI=1S/C22H21Br2N3O5/c1-12-7-17(8-13(2)20(12)24)25-18(28)11-32-22(31)15-9-19(29)27(10-15)26-21(30)14-3-5-16(23)6-4-14/h3-8,15H,9-11H2,1-2H3,(H,25,28)(H,26,30)/t15-/m1/s1. The predicted octanol–water partition coefficient (Wildman–Crippen LogP) is 3.50. The number of nitrogens with one attached hydrogen (secondary N) is 2. The third-order valence-corrected chi connectivity index (χ3v) is 6.65. The number of aryl methyl sites for hydroxylation is 2. The molecule has 1 heterocycles. The van der Waals surface area contributed by atoms with Gasteiger partial charge in [0.2, 0.25) is 5.91 Å². The highest BCUT2D eigenvalue weighted by Gasteiger charge is 2.36. The largest absolute Gasteiger partial charge is 0.455 e. The molecule has 32 heavy (non-hydrogen) atoms. The number of halogens is 2. The SMILES string of the molecule is Cc1cc(NC(=O)COC(=O)[C@@H]2CC(=O)N(NC(=O)c3ccc(Br)cc3)C2)cc(C)c1Br. The second-order valence-electron chi connectivity index (χ2n) is 7.43. The molecule has 10 heteroatoms. The summed E-state index contributed by atoms with van der Waals surface area (Å²) in [7, 11) is 0. The number of esters is 1. The first kappa shape index (κ1) is 23.9. The van der Waals surface area contributed by atoms with Crippen molar-refractivity contribution in [1.82, 2.24) is 10.4 Å². The maximum Gasteiger partial charge on any atom is 0.311 e. The van der Waals surface area contributed by atoms with Crippen LogP contribution in [0.3, 0.4) is 0 Å². The van der Waals surface area contributed by atoms with E-state index in [0.29, 0.717) is 11.3 Å². The van der Waals surface area contributed by atoms with Crippen LogP contribution in [0.4, 0.5) is 5.69 Å². The first-order chi connectivity index (χ1) is 15.1. The van der Waals surface area contributed by atoms with Gasteiger partial charge in [-0.25, -0.2) is 0 Å². The van der Waals surface area contributed by atoms with Gasteiger partial charge in [-0.05, 0) is 61.4 Å². The van der Waals surface area contributed by atoms with Gasteiger partial charge in [0.25, 0.3) is 11.8 Å².